The van der Waals surface area contributed by atoms with Gasteiger partial charge < -0.3 is 14.4 Å². The van der Waals surface area contributed by atoms with Crippen LogP contribution in [0.1, 0.15) is 5.56 Å². The second-order valence-corrected chi connectivity index (χ2v) is 6.86. The van der Waals surface area contributed by atoms with Crippen LogP contribution in [0.25, 0.3) is 0 Å². The Kier molecular flexibility index (Phi) is 5.46. The Bertz CT molecular complexity index is 840. The van der Waals surface area contributed by atoms with Crippen LogP contribution in [-0.2, 0) is 16.1 Å². The molecule has 0 bridgehead atoms. The van der Waals surface area contributed by atoms with Gasteiger partial charge in [0.15, 0.2) is 6.61 Å². The predicted octanol–water partition coefficient (Wildman–Crippen LogP) is 2.84. The van der Waals surface area contributed by atoms with Crippen molar-refractivity contribution in [3.05, 3.63) is 52.5 Å². The van der Waals surface area contributed by atoms with E-state index < -0.39 is 0 Å². The van der Waals surface area contributed by atoms with Gasteiger partial charge in [0.2, 0.25) is 5.91 Å². The van der Waals surface area contributed by atoms with Gasteiger partial charge in [-0.1, -0.05) is 34.1 Å². The average Bonchev–Trinajstić information content (AvgIpc) is 2.64. The predicted molar refractivity (Wildman–Crippen MR) is 101 cm³/mol. The third-order valence-electron chi connectivity index (χ3n) is 4.18. The highest BCUT2D eigenvalue weighted by molar-refractivity contribution is 9.10. The van der Waals surface area contributed by atoms with E-state index in [0.717, 1.165) is 15.8 Å². The van der Waals surface area contributed by atoms with Gasteiger partial charge in [-0.2, -0.15) is 0 Å². The van der Waals surface area contributed by atoms with E-state index in [1.807, 2.05) is 30.3 Å². The summed E-state index contributed by atoms with van der Waals surface area (Å²) >= 11 is 3.38. The van der Waals surface area contributed by atoms with Gasteiger partial charge >= 0.3 is 0 Å². The lowest BCUT2D eigenvalue weighted by Crippen LogP contribution is -2.45. The van der Waals surface area contributed by atoms with E-state index in [-0.39, 0.29) is 25.0 Å². The van der Waals surface area contributed by atoms with E-state index in [4.69, 9.17) is 9.47 Å². The number of nitrogens with zero attached hydrogens (tertiary/aromatic N) is 2. The summed E-state index contributed by atoms with van der Waals surface area (Å²) < 4.78 is 11.6. The van der Waals surface area contributed by atoms with Crippen LogP contribution < -0.4 is 14.4 Å². The Morgan fingerprint density at radius 3 is 2.85 bits per heavy atom. The van der Waals surface area contributed by atoms with E-state index in [1.165, 1.54) is 4.90 Å². The lowest BCUT2D eigenvalue weighted by Gasteiger charge is -2.30. The summed E-state index contributed by atoms with van der Waals surface area (Å²) in [5.74, 6) is 0.905. The number of hydrogen-bond acceptors (Lipinski definition) is 4. The van der Waals surface area contributed by atoms with E-state index >= 15 is 0 Å². The molecule has 2 aromatic carbocycles. The van der Waals surface area contributed by atoms with Crippen LogP contribution in [0.5, 0.6) is 11.5 Å². The van der Waals surface area contributed by atoms with Crippen LogP contribution in [0, 0.1) is 0 Å². The first kappa shape index (κ1) is 18.3. The fraction of sp³-hybridized carbons (Fsp3) is 0.263. The topological polar surface area (TPSA) is 59.1 Å². The fourth-order valence-corrected chi connectivity index (χ4v) is 3.13. The van der Waals surface area contributed by atoms with Crippen molar-refractivity contribution in [3.63, 3.8) is 0 Å². The zero-order valence-electron chi connectivity index (χ0n) is 14.6. The maximum absolute atomic E-state index is 12.7. The number of halogens is 1. The molecule has 0 N–H and O–H groups in total. The highest BCUT2D eigenvalue weighted by Gasteiger charge is 2.28. The second kappa shape index (κ2) is 7.78. The molecule has 0 aliphatic carbocycles. The van der Waals surface area contributed by atoms with E-state index in [9.17, 15) is 9.59 Å². The minimum absolute atomic E-state index is 0.0392. The molecule has 0 saturated carbocycles. The Hall–Kier alpha value is -2.54. The molecule has 1 aliphatic rings. The van der Waals surface area contributed by atoms with Crippen LogP contribution in [-0.4, -0.2) is 44.0 Å². The van der Waals surface area contributed by atoms with Crippen molar-refractivity contribution < 1.29 is 19.1 Å². The SMILES string of the molecule is COc1ccccc1CN(C)C(=O)CN1C(=O)COc2cc(Br)ccc21. The molecule has 6 nitrogen and oxygen atoms in total. The molecule has 7 heteroatoms. The molecular weight excluding hydrogens is 400 g/mol. The third kappa shape index (κ3) is 3.83. The van der Waals surface area contributed by atoms with Crippen molar-refractivity contribution in [1.82, 2.24) is 4.90 Å². The van der Waals surface area contributed by atoms with Crippen molar-refractivity contribution in [2.45, 2.75) is 6.54 Å². The van der Waals surface area contributed by atoms with Gasteiger partial charge in [-0.3, -0.25) is 14.5 Å². The first-order valence-corrected chi connectivity index (χ1v) is 8.87. The molecule has 2 amide bonds. The Balaban J connectivity index is 1.74. The van der Waals surface area contributed by atoms with Crippen molar-refractivity contribution in [2.24, 2.45) is 0 Å². The van der Waals surface area contributed by atoms with Gasteiger partial charge in [-0.05, 0) is 24.3 Å². The first-order chi connectivity index (χ1) is 12.5. The molecule has 0 fully saturated rings. The number of ether oxygens (including phenoxy) is 2. The lowest BCUT2D eigenvalue weighted by molar-refractivity contribution is -0.131. The summed E-state index contributed by atoms with van der Waals surface area (Å²) in [6.07, 6.45) is 0. The van der Waals surface area contributed by atoms with E-state index in [0.29, 0.717) is 18.0 Å². The molecule has 136 valence electrons. The van der Waals surface area contributed by atoms with Crippen LogP contribution in [0.3, 0.4) is 0 Å². The van der Waals surface area contributed by atoms with Gasteiger partial charge in [-0.15, -0.1) is 0 Å². The van der Waals surface area contributed by atoms with E-state index in [1.54, 1.807) is 31.2 Å². The van der Waals surface area contributed by atoms with Crippen LogP contribution in [0.2, 0.25) is 0 Å². The highest BCUT2D eigenvalue weighted by atomic mass is 79.9. The van der Waals surface area contributed by atoms with Crippen molar-refractivity contribution >= 4 is 33.4 Å². The molecule has 1 aliphatic heterocycles. The summed E-state index contributed by atoms with van der Waals surface area (Å²) in [5, 5.41) is 0. The van der Waals surface area contributed by atoms with Gasteiger partial charge in [0.05, 0.1) is 12.8 Å². The smallest absolute Gasteiger partial charge is 0.265 e. The fourth-order valence-electron chi connectivity index (χ4n) is 2.78. The van der Waals surface area contributed by atoms with Crippen molar-refractivity contribution in [1.29, 1.82) is 0 Å². The quantitative estimate of drug-likeness (QED) is 0.748. The van der Waals surface area contributed by atoms with Gasteiger partial charge in [0, 0.05) is 23.6 Å². The van der Waals surface area contributed by atoms with E-state index in [2.05, 4.69) is 15.9 Å². The number of rotatable bonds is 5. The number of anilines is 1. The molecule has 0 spiro atoms. The number of hydrogen-bond donors (Lipinski definition) is 0. The highest BCUT2D eigenvalue weighted by Crippen LogP contribution is 2.34. The number of carbonyl (C=O) groups excluding carboxylic acids is 2. The molecule has 2 aromatic rings. The van der Waals surface area contributed by atoms with Crippen molar-refractivity contribution in [2.75, 3.05) is 32.2 Å². The molecule has 0 atom stereocenters. The Morgan fingerprint density at radius 1 is 1.31 bits per heavy atom. The summed E-state index contributed by atoms with van der Waals surface area (Å²) in [6.45, 7) is 0.282. The number of para-hydroxylation sites is 1. The molecular formula is C19H19BrN2O4. The Morgan fingerprint density at radius 2 is 2.08 bits per heavy atom. The minimum atomic E-state index is -0.237. The molecule has 1 heterocycles. The number of amides is 2. The molecule has 3 rings (SSSR count). The summed E-state index contributed by atoms with van der Waals surface area (Å²) in [4.78, 5) is 28.0. The second-order valence-electron chi connectivity index (χ2n) is 5.94. The maximum Gasteiger partial charge on any atom is 0.265 e. The van der Waals surface area contributed by atoms with Gasteiger partial charge in [-0.25, -0.2) is 0 Å². The lowest BCUT2D eigenvalue weighted by atomic mass is 10.2. The van der Waals surface area contributed by atoms with Crippen LogP contribution in [0.4, 0.5) is 5.69 Å². The summed E-state index contributed by atoms with van der Waals surface area (Å²) in [6, 6.07) is 12.9. The molecule has 0 aromatic heterocycles. The molecule has 0 saturated heterocycles. The minimum Gasteiger partial charge on any atom is -0.496 e. The standard InChI is InChI=1S/C19H19BrN2O4/c1-21(10-13-5-3-4-6-16(13)25-2)18(23)11-22-15-8-7-14(20)9-17(15)26-12-19(22)24/h3-9H,10-12H2,1-2H3. The summed E-state index contributed by atoms with van der Waals surface area (Å²) in [7, 11) is 3.31. The monoisotopic (exact) mass is 418 g/mol. The van der Waals surface area contributed by atoms with Crippen LogP contribution in [0.15, 0.2) is 46.9 Å². The average molecular weight is 419 g/mol. The summed E-state index contributed by atoms with van der Waals surface area (Å²) in [5.41, 5.74) is 1.51. The largest absolute Gasteiger partial charge is 0.496 e. The molecule has 0 radical (unpaired) electrons. The molecule has 0 unspecified atom stereocenters. The zero-order valence-corrected chi connectivity index (χ0v) is 16.2. The molecule has 26 heavy (non-hydrogen) atoms. The van der Waals surface area contributed by atoms with Crippen LogP contribution >= 0.6 is 15.9 Å². The van der Waals surface area contributed by atoms with Gasteiger partial charge in [0.25, 0.3) is 5.91 Å². The number of fused-ring (bicyclic) bond motifs is 1. The number of methoxy groups -OCH3 is 1. The zero-order chi connectivity index (χ0) is 18.7. The van der Waals surface area contributed by atoms with Gasteiger partial charge in [0.1, 0.15) is 18.0 Å². The Labute approximate surface area is 160 Å². The number of benzene rings is 2. The third-order valence-corrected chi connectivity index (χ3v) is 4.68. The maximum atomic E-state index is 12.7. The normalized spacial score (nSPS) is 13.0. The number of carbonyl (C=O) groups is 2. The first-order valence-electron chi connectivity index (χ1n) is 8.08. The van der Waals surface area contributed by atoms with Crippen molar-refractivity contribution in [3.8, 4) is 11.5 Å². The number of likely N-dealkylation sites (N-methyl/N-ethyl adjacent to an activating group) is 1.